The molecule has 0 spiro atoms. The zero-order valence-electron chi connectivity index (χ0n) is 6.72. The summed E-state index contributed by atoms with van der Waals surface area (Å²) in [5.41, 5.74) is 0. The molecular formula is C7H14N2S. The minimum Gasteiger partial charge on any atom is -0.363 e. The summed E-state index contributed by atoms with van der Waals surface area (Å²) in [6.45, 7) is 7.43. The van der Waals surface area contributed by atoms with E-state index in [1.54, 1.807) is 0 Å². The van der Waals surface area contributed by atoms with Gasteiger partial charge in [0.05, 0.1) is 6.54 Å². The molecule has 58 valence electrons. The van der Waals surface area contributed by atoms with Crippen molar-refractivity contribution in [3.8, 4) is 0 Å². The van der Waals surface area contributed by atoms with Crippen LogP contribution < -0.4 is 5.32 Å². The SMILES string of the molecule is CC(C)NC1=NC[C@@H](C)S1. The lowest BCUT2D eigenvalue weighted by Crippen LogP contribution is -2.26. The van der Waals surface area contributed by atoms with Crippen molar-refractivity contribution >= 4 is 16.9 Å². The topological polar surface area (TPSA) is 24.4 Å². The minimum atomic E-state index is 0.511. The van der Waals surface area contributed by atoms with Crippen molar-refractivity contribution in [2.45, 2.75) is 32.1 Å². The molecule has 1 N–H and O–H groups in total. The van der Waals surface area contributed by atoms with Crippen LogP contribution in [0.3, 0.4) is 0 Å². The van der Waals surface area contributed by atoms with E-state index in [9.17, 15) is 0 Å². The lowest BCUT2D eigenvalue weighted by atomic mass is 10.4. The molecule has 0 aromatic heterocycles. The first-order chi connectivity index (χ1) is 4.68. The molecule has 1 rings (SSSR count). The van der Waals surface area contributed by atoms with E-state index in [1.165, 1.54) is 0 Å². The maximum absolute atomic E-state index is 4.33. The molecule has 0 fully saturated rings. The maximum Gasteiger partial charge on any atom is 0.157 e. The quantitative estimate of drug-likeness (QED) is 0.625. The zero-order valence-corrected chi connectivity index (χ0v) is 7.53. The van der Waals surface area contributed by atoms with Crippen molar-refractivity contribution in [2.75, 3.05) is 6.54 Å². The fourth-order valence-electron chi connectivity index (χ4n) is 0.803. The highest BCUT2D eigenvalue weighted by molar-refractivity contribution is 8.14. The van der Waals surface area contributed by atoms with Crippen LogP contribution in [0.5, 0.6) is 0 Å². The van der Waals surface area contributed by atoms with Crippen molar-refractivity contribution in [3.05, 3.63) is 0 Å². The number of aliphatic imine (C=N–C) groups is 1. The molecule has 0 bridgehead atoms. The molecule has 1 heterocycles. The molecule has 0 saturated heterocycles. The lowest BCUT2D eigenvalue weighted by Gasteiger charge is -2.08. The zero-order chi connectivity index (χ0) is 7.56. The Morgan fingerprint density at radius 1 is 1.70 bits per heavy atom. The second-order valence-corrected chi connectivity index (χ2v) is 4.30. The molecule has 0 unspecified atom stereocenters. The highest BCUT2D eigenvalue weighted by Crippen LogP contribution is 2.18. The Kier molecular flexibility index (Phi) is 2.60. The van der Waals surface area contributed by atoms with Crippen molar-refractivity contribution in [2.24, 2.45) is 4.99 Å². The van der Waals surface area contributed by atoms with Crippen LogP contribution in [0.4, 0.5) is 0 Å². The number of nitrogens with one attached hydrogen (secondary N) is 1. The van der Waals surface area contributed by atoms with Crippen LogP contribution in [-0.4, -0.2) is 23.0 Å². The summed E-state index contributed by atoms with van der Waals surface area (Å²) in [5, 5.41) is 5.07. The second-order valence-electron chi connectivity index (χ2n) is 2.87. The van der Waals surface area contributed by atoms with Gasteiger partial charge in [0, 0.05) is 11.3 Å². The predicted octanol–water partition coefficient (Wildman–Crippen LogP) is 1.48. The number of rotatable bonds is 1. The third-order valence-electron chi connectivity index (χ3n) is 1.22. The van der Waals surface area contributed by atoms with Crippen LogP contribution in [0, 0.1) is 0 Å². The molecule has 2 nitrogen and oxygen atoms in total. The van der Waals surface area contributed by atoms with Crippen LogP contribution in [0.1, 0.15) is 20.8 Å². The summed E-state index contributed by atoms with van der Waals surface area (Å²) < 4.78 is 0. The Bertz CT molecular complexity index is 143. The summed E-state index contributed by atoms with van der Waals surface area (Å²) in [6.07, 6.45) is 0. The summed E-state index contributed by atoms with van der Waals surface area (Å²) in [5.74, 6) is 0. The standard InChI is InChI=1S/C7H14N2S/c1-5(2)9-7-8-4-6(3)10-7/h5-6H,4H2,1-3H3,(H,8,9)/t6-/m1/s1. The summed E-state index contributed by atoms with van der Waals surface area (Å²) in [6, 6.07) is 0.511. The molecule has 0 saturated carbocycles. The molecule has 1 aliphatic heterocycles. The van der Waals surface area contributed by atoms with Crippen molar-refractivity contribution in [1.82, 2.24) is 5.32 Å². The first kappa shape index (κ1) is 7.92. The fourth-order valence-corrected chi connectivity index (χ4v) is 1.79. The van der Waals surface area contributed by atoms with Crippen LogP contribution in [0.15, 0.2) is 4.99 Å². The average Bonchev–Trinajstić information content (AvgIpc) is 2.13. The average molecular weight is 158 g/mol. The summed E-state index contributed by atoms with van der Waals surface area (Å²) >= 11 is 1.83. The molecule has 1 aliphatic rings. The molecule has 0 aromatic rings. The Labute approximate surface area is 66.5 Å². The number of hydrogen-bond donors (Lipinski definition) is 1. The normalized spacial score (nSPS) is 25.2. The molecule has 0 amide bonds. The number of amidine groups is 1. The Morgan fingerprint density at radius 3 is 2.80 bits per heavy atom. The molecule has 0 aromatic carbocycles. The predicted molar refractivity (Wildman–Crippen MR) is 47.6 cm³/mol. The van der Waals surface area contributed by atoms with Crippen molar-refractivity contribution in [1.29, 1.82) is 0 Å². The maximum atomic E-state index is 4.33. The largest absolute Gasteiger partial charge is 0.363 e. The van der Waals surface area contributed by atoms with Gasteiger partial charge in [-0.15, -0.1) is 0 Å². The van der Waals surface area contributed by atoms with Crippen LogP contribution in [-0.2, 0) is 0 Å². The Hall–Kier alpha value is -0.180. The molecule has 0 aliphatic carbocycles. The van der Waals surface area contributed by atoms with Gasteiger partial charge in [-0.05, 0) is 13.8 Å². The van der Waals surface area contributed by atoms with Gasteiger partial charge < -0.3 is 5.32 Å². The smallest absolute Gasteiger partial charge is 0.157 e. The van der Waals surface area contributed by atoms with Crippen LogP contribution in [0.2, 0.25) is 0 Å². The number of thioether (sulfide) groups is 1. The summed E-state index contributed by atoms with van der Waals surface area (Å²) in [7, 11) is 0. The molecular weight excluding hydrogens is 144 g/mol. The van der Waals surface area contributed by atoms with Gasteiger partial charge in [0.25, 0.3) is 0 Å². The molecule has 3 heteroatoms. The Morgan fingerprint density at radius 2 is 2.40 bits per heavy atom. The number of hydrogen-bond acceptors (Lipinski definition) is 3. The van der Waals surface area contributed by atoms with Gasteiger partial charge in [-0.3, -0.25) is 4.99 Å². The van der Waals surface area contributed by atoms with Gasteiger partial charge in [0.2, 0.25) is 0 Å². The van der Waals surface area contributed by atoms with E-state index in [2.05, 4.69) is 31.1 Å². The van der Waals surface area contributed by atoms with Gasteiger partial charge in [-0.1, -0.05) is 18.7 Å². The Balaban J connectivity index is 2.30. The van der Waals surface area contributed by atoms with Gasteiger partial charge >= 0.3 is 0 Å². The van der Waals surface area contributed by atoms with Gasteiger partial charge in [-0.2, -0.15) is 0 Å². The monoisotopic (exact) mass is 158 g/mol. The van der Waals surface area contributed by atoms with Crippen LogP contribution >= 0.6 is 11.8 Å². The first-order valence-corrected chi connectivity index (χ1v) is 4.54. The van der Waals surface area contributed by atoms with E-state index in [0.29, 0.717) is 11.3 Å². The van der Waals surface area contributed by atoms with E-state index in [1.807, 2.05) is 11.8 Å². The molecule has 0 radical (unpaired) electrons. The third kappa shape index (κ3) is 2.21. The van der Waals surface area contributed by atoms with Crippen molar-refractivity contribution in [3.63, 3.8) is 0 Å². The van der Waals surface area contributed by atoms with E-state index in [4.69, 9.17) is 0 Å². The summed E-state index contributed by atoms with van der Waals surface area (Å²) in [4.78, 5) is 4.33. The second kappa shape index (κ2) is 3.28. The van der Waals surface area contributed by atoms with Crippen LogP contribution in [0.25, 0.3) is 0 Å². The van der Waals surface area contributed by atoms with E-state index in [-0.39, 0.29) is 0 Å². The third-order valence-corrected chi connectivity index (χ3v) is 2.24. The highest BCUT2D eigenvalue weighted by atomic mass is 32.2. The van der Waals surface area contributed by atoms with E-state index < -0.39 is 0 Å². The van der Waals surface area contributed by atoms with Crippen molar-refractivity contribution < 1.29 is 0 Å². The molecule has 10 heavy (non-hydrogen) atoms. The minimum absolute atomic E-state index is 0.511. The first-order valence-electron chi connectivity index (χ1n) is 3.66. The lowest BCUT2D eigenvalue weighted by molar-refractivity contribution is 0.739. The fraction of sp³-hybridized carbons (Fsp3) is 0.857. The van der Waals surface area contributed by atoms with E-state index >= 15 is 0 Å². The van der Waals surface area contributed by atoms with Gasteiger partial charge in [-0.25, -0.2) is 0 Å². The van der Waals surface area contributed by atoms with Gasteiger partial charge in [0.1, 0.15) is 0 Å². The number of nitrogens with zero attached hydrogens (tertiary/aromatic N) is 1. The highest BCUT2D eigenvalue weighted by Gasteiger charge is 2.14. The van der Waals surface area contributed by atoms with Gasteiger partial charge in [0.15, 0.2) is 5.17 Å². The van der Waals surface area contributed by atoms with E-state index in [0.717, 1.165) is 11.7 Å². The molecule has 1 atom stereocenters.